The van der Waals surface area contributed by atoms with Gasteiger partial charge in [-0.3, -0.25) is 0 Å². The molecular formula is C15H19N3O. The van der Waals surface area contributed by atoms with Crippen LogP contribution >= 0.6 is 0 Å². The van der Waals surface area contributed by atoms with Gasteiger partial charge in [-0.2, -0.15) is 0 Å². The lowest BCUT2D eigenvalue weighted by Gasteiger charge is -2.09. The first kappa shape index (κ1) is 13.3. The van der Waals surface area contributed by atoms with Gasteiger partial charge in [-0.05, 0) is 37.6 Å². The lowest BCUT2D eigenvalue weighted by Crippen LogP contribution is -2.03. The molecule has 1 heterocycles. The molecule has 1 N–H and O–H groups in total. The lowest BCUT2D eigenvalue weighted by atomic mass is 10.1. The van der Waals surface area contributed by atoms with Crippen molar-refractivity contribution in [1.29, 1.82) is 0 Å². The van der Waals surface area contributed by atoms with Crippen LogP contribution < -0.4 is 10.1 Å². The van der Waals surface area contributed by atoms with Gasteiger partial charge >= 0.3 is 0 Å². The SMILES string of the molecule is CCCNc1ccc(-c2cc(C)ccc2OC)nn1. The van der Waals surface area contributed by atoms with Crippen LogP contribution in [0, 0.1) is 6.92 Å². The number of rotatable bonds is 5. The van der Waals surface area contributed by atoms with Crippen molar-refractivity contribution in [3.63, 3.8) is 0 Å². The molecule has 100 valence electrons. The van der Waals surface area contributed by atoms with Crippen LogP contribution in [0.25, 0.3) is 11.3 Å². The molecule has 4 heteroatoms. The van der Waals surface area contributed by atoms with Crippen LogP contribution in [0.4, 0.5) is 5.82 Å². The summed E-state index contributed by atoms with van der Waals surface area (Å²) in [5.74, 6) is 1.62. The van der Waals surface area contributed by atoms with Gasteiger partial charge in [0, 0.05) is 12.1 Å². The van der Waals surface area contributed by atoms with Gasteiger partial charge in [-0.15, -0.1) is 10.2 Å². The second-order valence-electron chi connectivity index (χ2n) is 4.43. The maximum atomic E-state index is 5.37. The summed E-state index contributed by atoms with van der Waals surface area (Å²) in [5.41, 5.74) is 2.96. The Morgan fingerprint density at radius 2 is 2.00 bits per heavy atom. The third-order valence-electron chi connectivity index (χ3n) is 2.85. The fourth-order valence-electron chi connectivity index (χ4n) is 1.85. The summed E-state index contributed by atoms with van der Waals surface area (Å²) < 4.78 is 5.37. The van der Waals surface area contributed by atoms with Crippen LogP contribution in [0.5, 0.6) is 5.75 Å². The van der Waals surface area contributed by atoms with E-state index < -0.39 is 0 Å². The standard InChI is InChI=1S/C15H19N3O/c1-4-9-16-15-8-6-13(17-18-15)12-10-11(2)5-7-14(12)19-3/h5-8,10H,4,9H2,1-3H3,(H,16,18). The summed E-state index contributed by atoms with van der Waals surface area (Å²) in [7, 11) is 1.67. The molecule has 1 aromatic heterocycles. The molecule has 0 radical (unpaired) electrons. The van der Waals surface area contributed by atoms with Crippen molar-refractivity contribution in [3.8, 4) is 17.0 Å². The largest absolute Gasteiger partial charge is 0.496 e. The molecule has 0 aliphatic heterocycles. The highest BCUT2D eigenvalue weighted by atomic mass is 16.5. The Bertz CT molecular complexity index is 538. The van der Waals surface area contributed by atoms with Crippen LogP contribution in [-0.2, 0) is 0 Å². The maximum Gasteiger partial charge on any atom is 0.148 e. The number of methoxy groups -OCH3 is 1. The van der Waals surface area contributed by atoms with Gasteiger partial charge in [-0.25, -0.2) is 0 Å². The zero-order valence-corrected chi connectivity index (χ0v) is 11.6. The summed E-state index contributed by atoms with van der Waals surface area (Å²) in [6.45, 7) is 5.07. The van der Waals surface area contributed by atoms with E-state index in [2.05, 4.69) is 28.5 Å². The monoisotopic (exact) mass is 257 g/mol. The molecule has 0 aliphatic rings. The molecule has 2 rings (SSSR count). The van der Waals surface area contributed by atoms with E-state index in [-0.39, 0.29) is 0 Å². The van der Waals surface area contributed by atoms with Crippen molar-refractivity contribution in [1.82, 2.24) is 10.2 Å². The van der Waals surface area contributed by atoms with Crippen LogP contribution in [0.2, 0.25) is 0 Å². The Morgan fingerprint density at radius 1 is 1.16 bits per heavy atom. The predicted molar refractivity (Wildman–Crippen MR) is 77.5 cm³/mol. The highest BCUT2D eigenvalue weighted by molar-refractivity contribution is 5.68. The Kier molecular flexibility index (Phi) is 4.34. The molecule has 0 aliphatic carbocycles. The van der Waals surface area contributed by atoms with Gasteiger partial charge in [0.2, 0.25) is 0 Å². The first-order chi connectivity index (χ1) is 9.24. The molecule has 0 atom stereocenters. The van der Waals surface area contributed by atoms with Gasteiger partial charge in [0.05, 0.1) is 12.8 Å². The first-order valence-corrected chi connectivity index (χ1v) is 6.47. The summed E-state index contributed by atoms with van der Waals surface area (Å²) in [6.07, 6.45) is 1.06. The van der Waals surface area contributed by atoms with Gasteiger partial charge in [0.15, 0.2) is 0 Å². The van der Waals surface area contributed by atoms with Gasteiger partial charge in [0.25, 0.3) is 0 Å². The molecule has 4 nitrogen and oxygen atoms in total. The fourth-order valence-corrected chi connectivity index (χ4v) is 1.85. The number of benzene rings is 1. The van der Waals surface area contributed by atoms with E-state index in [9.17, 15) is 0 Å². The number of nitrogens with zero attached hydrogens (tertiary/aromatic N) is 2. The molecule has 0 spiro atoms. The predicted octanol–water partition coefficient (Wildman–Crippen LogP) is 3.28. The Labute approximate surface area is 113 Å². The molecule has 1 aromatic carbocycles. The average Bonchev–Trinajstić information content (AvgIpc) is 2.45. The van der Waals surface area contributed by atoms with Gasteiger partial charge in [-0.1, -0.05) is 18.6 Å². The van der Waals surface area contributed by atoms with Crippen molar-refractivity contribution in [2.75, 3.05) is 19.0 Å². The highest BCUT2D eigenvalue weighted by Gasteiger charge is 2.08. The number of hydrogen-bond acceptors (Lipinski definition) is 4. The molecule has 0 unspecified atom stereocenters. The van der Waals surface area contributed by atoms with E-state index >= 15 is 0 Å². The van der Waals surface area contributed by atoms with Crippen molar-refractivity contribution >= 4 is 5.82 Å². The normalized spacial score (nSPS) is 10.3. The van der Waals surface area contributed by atoms with E-state index in [4.69, 9.17) is 4.74 Å². The number of aromatic nitrogens is 2. The van der Waals surface area contributed by atoms with E-state index in [1.807, 2.05) is 31.2 Å². The molecule has 0 saturated heterocycles. The molecular weight excluding hydrogens is 238 g/mol. The molecule has 0 bridgehead atoms. The minimum absolute atomic E-state index is 0.803. The second-order valence-corrected chi connectivity index (χ2v) is 4.43. The van der Waals surface area contributed by atoms with Crippen LogP contribution in [0.3, 0.4) is 0 Å². The van der Waals surface area contributed by atoms with Crippen molar-refractivity contribution < 1.29 is 4.74 Å². The Hall–Kier alpha value is -2.10. The van der Waals surface area contributed by atoms with Crippen molar-refractivity contribution in [2.24, 2.45) is 0 Å². The third kappa shape index (κ3) is 3.22. The van der Waals surface area contributed by atoms with E-state index in [1.54, 1.807) is 7.11 Å². The maximum absolute atomic E-state index is 5.37. The van der Waals surface area contributed by atoms with Crippen molar-refractivity contribution in [3.05, 3.63) is 35.9 Å². The fraction of sp³-hybridized carbons (Fsp3) is 0.333. The van der Waals surface area contributed by atoms with Gasteiger partial charge in [0.1, 0.15) is 11.6 Å². The van der Waals surface area contributed by atoms with E-state index in [1.165, 1.54) is 5.56 Å². The average molecular weight is 257 g/mol. The summed E-state index contributed by atoms with van der Waals surface area (Å²) in [4.78, 5) is 0. The third-order valence-corrected chi connectivity index (χ3v) is 2.85. The first-order valence-electron chi connectivity index (χ1n) is 6.47. The number of ether oxygens (including phenoxy) is 1. The van der Waals surface area contributed by atoms with Gasteiger partial charge < -0.3 is 10.1 Å². The topological polar surface area (TPSA) is 47.0 Å². The minimum Gasteiger partial charge on any atom is -0.496 e. The number of anilines is 1. The number of aryl methyl sites for hydroxylation is 1. The summed E-state index contributed by atoms with van der Waals surface area (Å²) >= 11 is 0. The van der Waals surface area contributed by atoms with E-state index in [0.717, 1.165) is 35.8 Å². The minimum atomic E-state index is 0.803. The second kappa shape index (κ2) is 6.18. The number of hydrogen-bond donors (Lipinski definition) is 1. The zero-order valence-electron chi connectivity index (χ0n) is 11.6. The van der Waals surface area contributed by atoms with Crippen molar-refractivity contribution in [2.45, 2.75) is 20.3 Å². The molecule has 19 heavy (non-hydrogen) atoms. The molecule has 2 aromatic rings. The quantitative estimate of drug-likeness (QED) is 0.893. The molecule has 0 saturated carbocycles. The van der Waals surface area contributed by atoms with Crippen LogP contribution in [0.15, 0.2) is 30.3 Å². The number of nitrogens with one attached hydrogen (secondary N) is 1. The molecule has 0 amide bonds. The molecule has 0 fully saturated rings. The Balaban J connectivity index is 2.29. The van der Waals surface area contributed by atoms with Crippen LogP contribution in [-0.4, -0.2) is 23.9 Å². The lowest BCUT2D eigenvalue weighted by molar-refractivity contribution is 0.416. The smallest absolute Gasteiger partial charge is 0.148 e. The summed E-state index contributed by atoms with van der Waals surface area (Å²) in [6, 6.07) is 9.94. The van der Waals surface area contributed by atoms with E-state index in [0.29, 0.717) is 0 Å². The highest BCUT2D eigenvalue weighted by Crippen LogP contribution is 2.29. The zero-order chi connectivity index (χ0) is 13.7. The Morgan fingerprint density at radius 3 is 2.63 bits per heavy atom. The van der Waals surface area contributed by atoms with Crippen LogP contribution in [0.1, 0.15) is 18.9 Å². The summed E-state index contributed by atoms with van der Waals surface area (Å²) in [5, 5.41) is 11.6.